The van der Waals surface area contributed by atoms with Crippen LogP contribution in [-0.2, 0) is 22.9 Å². The topological polar surface area (TPSA) is 74.8 Å². The molecule has 2 aromatic rings. The molecule has 0 aromatic carbocycles. The summed E-state index contributed by atoms with van der Waals surface area (Å²) in [4.78, 5) is 6.82. The van der Waals surface area contributed by atoms with E-state index < -0.39 is 10.0 Å². The molecule has 1 atom stereocenters. The van der Waals surface area contributed by atoms with E-state index in [1.807, 2.05) is 30.7 Å². The Morgan fingerprint density at radius 1 is 1.53 bits per heavy atom. The van der Waals surface area contributed by atoms with E-state index in [1.54, 1.807) is 11.3 Å². The van der Waals surface area contributed by atoms with Crippen molar-refractivity contribution < 1.29 is 8.42 Å². The Kier molecular flexibility index (Phi) is 4.38. The van der Waals surface area contributed by atoms with Gasteiger partial charge in [-0.05, 0) is 35.7 Å². The third-order valence-electron chi connectivity index (χ3n) is 2.71. The third-order valence-corrected chi connectivity index (χ3v) is 4.94. The quantitative estimate of drug-likeness (QED) is 0.856. The number of nitrogens with one attached hydrogen (secondary N) is 2. The molecule has 0 amide bonds. The van der Waals surface area contributed by atoms with Crippen molar-refractivity contribution in [2.45, 2.75) is 37.8 Å². The van der Waals surface area contributed by atoms with E-state index in [9.17, 15) is 8.42 Å². The lowest BCUT2D eigenvalue weighted by Crippen LogP contribution is -2.34. The Labute approximate surface area is 117 Å². The molecule has 1 unspecified atom stereocenters. The van der Waals surface area contributed by atoms with Gasteiger partial charge in [-0.3, -0.25) is 0 Å². The molecule has 19 heavy (non-hydrogen) atoms. The molecule has 2 heterocycles. The molecule has 104 valence electrons. The van der Waals surface area contributed by atoms with E-state index in [2.05, 4.69) is 14.7 Å². The summed E-state index contributed by atoms with van der Waals surface area (Å²) in [5.74, 6) is 0.672. The lowest BCUT2D eigenvalue weighted by atomic mass is 10.1. The van der Waals surface area contributed by atoms with E-state index in [1.165, 1.54) is 6.20 Å². The van der Waals surface area contributed by atoms with Gasteiger partial charge in [0, 0.05) is 12.5 Å². The summed E-state index contributed by atoms with van der Waals surface area (Å²) in [7, 11) is -3.52. The summed E-state index contributed by atoms with van der Waals surface area (Å²) in [6, 6.07) is 1.84. The van der Waals surface area contributed by atoms with Crippen LogP contribution in [0.3, 0.4) is 0 Å². The molecule has 0 radical (unpaired) electrons. The Morgan fingerprint density at radius 2 is 2.32 bits per heavy atom. The molecule has 0 aliphatic rings. The Balaban J connectivity index is 2.04. The van der Waals surface area contributed by atoms with E-state index in [0.717, 1.165) is 5.56 Å². The van der Waals surface area contributed by atoms with E-state index in [4.69, 9.17) is 0 Å². The summed E-state index contributed by atoms with van der Waals surface area (Å²) in [6.45, 7) is 3.77. The molecule has 2 N–H and O–H groups in total. The molecule has 0 aliphatic carbocycles. The zero-order valence-electron chi connectivity index (χ0n) is 10.9. The SMILES string of the molecule is CCc1ncc(S(=O)(=O)NC(C)Cc2ccsc2)[nH]1. The molecule has 0 saturated heterocycles. The predicted octanol–water partition coefficient (Wildman–Crippen LogP) is 1.94. The maximum absolute atomic E-state index is 12.1. The number of aromatic amines is 1. The van der Waals surface area contributed by atoms with Gasteiger partial charge in [-0.2, -0.15) is 11.3 Å². The van der Waals surface area contributed by atoms with Crippen LogP contribution in [0.1, 0.15) is 25.2 Å². The van der Waals surface area contributed by atoms with Crippen molar-refractivity contribution in [1.29, 1.82) is 0 Å². The first kappa shape index (κ1) is 14.2. The highest BCUT2D eigenvalue weighted by atomic mass is 32.2. The van der Waals surface area contributed by atoms with Crippen LogP contribution in [-0.4, -0.2) is 24.4 Å². The van der Waals surface area contributed by atoms with Gasteiger partial charge in [-0.25, -0.2) is 18.1 Å². The van der Waals surface area contributed by atoms with Crippen molar-refractivity contribution in [3.05, 3.63) is 34.4 Å². The number of thiophene rings is 1. The number of aromatic nitrogens is 2. The minimum absolute atomic E-state index is 0.126. The second-order valence-electron chi connectivity index (χ2n) is 4.41. The number of nitrogens with zero attached hydrogens (tertiary/aromatic N) is 1. The number of rotatable bonds is 6. The van der Waals surface area contributed by atoms with Gasteiger partial charge in [-0.15, -0.1) is 0 Å². The zero-order valence-corrected chi connectivity index (χ0v) is 12.5. The van der Waals surface area contributed by atoms with Crippen molar-refractivity contribution >= 4 is 21.4 Å². The monoisotopic (exact) mass is 299 g/mol. The van der Waals surface area contributed by atoms with Crippen LogP contribution in [0.2, 0.25) is 0 Å². The van der Waals surface area contributed by atoms with Crippen molar-refractivity contribution in [3.63, 3.8) is 0 Å². The fraction of sp³-hybridized carbons (Fsp3) is 0.417. The maximum Gasteiger partial charge on any atom is 0.257 e. The lowest BCUT2D eigenvalue weighted by Gasteiger charge is -2.12. The van der Waals surface area contributed by atoms with Gasteiger partial charge in [0.2, 0.25) is 0 Å². The van der Waals surface area contributed by atoms with Crippen molar-refractivity contribution in [1.82, 2.24) is 14.7 Å². The summed E-state index contributed by atoms with van der Waals surface area (Å²) in [5.41, 5.74) is 1.14. The molecule has 0 fully saturated rings. The molecule has 0 saturated carbocycles. The van der Waals surface area contributed by atoms with Crippen LogP contribution in [0.25, 0.3) is 0 Å². The number of sulfonamides is 1. The average Bonchev–Trinajstić information content (AvgIpc) is 2.97. The second kappa shape index (κ2) is 5.85. The first-order valence-corrected chi connectivity index (χ1v) is 8.51. The van der Waals surface area contributed by atoms with Gasteiger partial charge in [0.25, 0.3) is 10.0 Å². The van der Waals surface area contributed by atoms with Crippen molar-refractivity contribution in [3.8, 4) is 0 Å². The molecule has 2 rings (SSSR count). The average molecular weight is 299 g/mol. The highest BCUT2D eigenvalue weighted by molar-refractivity contribution is 7.89. The first-order valence-electron chi connectivity index (χ1n) is 6.08. The van der Waals surface area contributed by atoms with Gasteiger partial charge in [0.15, 0.2) is 5.03 Å². The molecular formula is C12H17N3O2S2. The normalized spacial score (nSPS) is 13.6. The van der Waals surface area contributed by atoms with Crippen LogP contribution in [0.15, 0.2) is 28.0 Å². The molecule has 0 spiro atoms. The van der Waals surface area contributed by atoms with Crippen LogP contribution >= 0.6 is 11.3 Å². The number of hydrogen-bond donors (Lipinski definition) is 2. The Bertz CT molecular complexity index is 617. The fourth-order valence-electron chi connectivity index (χ4n) is 1.79. The molecule has 0 aliphatic heterocycles. The molecular weight excluding hydrogens is 282 g/mol. The van der Waals surface area contributed by atoms with Crippen LogP contribution in [0, 0.1) is 0 Å². The number of aryl methyl sites for hydroxylation is 1. The minimum atomic E-state index is -3.52. The van der Waals surface area contributed by atoms with Crippen molar-refractivity contribution in [2.24, 2.45) is 0 Å². The predicted molar refractivity (Wildman–Crippen MR) is 75.8 cm³/mol. The summed E-state index contributed by atoms with van der Waals surface area (Å²) in [5, 5.41) is 4.14. The summed E-state index contributed by atoms with van der Waals surface area (Å²) < 4.78 is 26.9. The standard InChI is InChI=1S/C12H17N3O2S2/c1-3-11-13-7-12(14-11)19(16,17)15-9(2)6-10-4-5-18-8-10/h4-5,7-9,15H,3,6H2,1-2H3,(H,13,14). The Morgan fingerprint density at radius 3 is 2.89 bits per heavy atom. The molecule has 5 nitrogen and oxygen atoms in total. The van der Waals surface area contributed by atoms with Gasteiger partial charge in [0.05, 0.1) is 6.20 Å². The minimum Gasteiger partial charge on any atom is -0.332 e. The van der Waals surface area contributed by atoms with Gasteiger partial charge >= 0.3 is 0 Å². The van der Waals surface area contributed by atoms with Crippen LogP contribution < -0.4 is 4.72 Å². The lowest BCUT2D eigenvalue weighted by molar-refractivity contribution is 0.556. The largest absolute Gasteiger partial charge is 0.332 e. The molecule has 0 bridgehead atoms. The smallest absolute Gasteiger partial charge is 0.257 e. The number of imidazole rings is 1. The molecule has 7 heteroatoms. The maximum atomic E-state index is 12.1. The fourth-order valence-corrected chi connectivity index (χ4v) is 3.66. The zero-order chi connectivity index (χ0) is 13.9. The van der Waals surface area contributed by atoms with Crippen LogP contribution in [0.4, 0.5) is 0 Å². The second-order valence-corrected chi connectivity index (χ2v) is 6.87. The van der Waals surface area contributed by atoms with E-state index in [0.29, 0.717) is 18.7 Å². The number of H-pyrrole nitrogens is 1. The van der Waals surface area contributed by atoms with Gasteiger partial charge in [-0.1, -0.05) is 6.92 Å². The first-order chi connectivity index (χ1) is 9.01. The van der Waals surface area contributed by atoms with Gasteiger partial charge in [0.1, 0.15) is 5.82 Å². The van der Waals surface area contributed by atoms with Gasteiger partial charge < -0.3 is 4.98 Å². The highest BCUT2D eigenvalue weighted by Gasteiger charge is 2.19. The number of hydrogen-bond acceptors (Lipinski definition) is 4. The van der Waals surface area contributed by atoms with Crippen LogP contribution in [0.5, 0.6) is 0 Å². The molecule has 2 aromatic heterocycles. The third kappa shape index (κ3) is 3.65. The van der Waals surface area contributed by atoms with E-state index in [-0.39, 0.29) is 11.1 Å². The summed E-state index contributed by atoms with van der Waals surface area (Å²) >= 11 is 1.61. The highest BCUT2D eigenvalue weighted by Crippen LogP contribution is 2.11. The summed E-state index contributed by atoms with van der Waals surface area (Å²) in [6.07, 6.45) is 2.72. The van der Waals surface area contributed by atoms with E-state index >= 15 is 0 Å². The Hall–Kier alpha value is -1.18. The van der Waals surface area contributed by atoms with Crippen molar-refractivity contribution in [2.75, 3.05) is 0 Å².